The molecule has 1 aromatic heterocycles. The Kier molecular flexibility index (Phi) is 4.71. The first kappa shape index (κ1) is 14.5. The fourth-order valence-corrected chi connectivity index (χ4v) is 2.68. The van der Waals surface area contributed by atoms with Crippen LogP contribution in [0.25, 0.3) is 0 Å². The van der Waals surface area contributed by atoms with Gasteiger partial charge in [-0.3, -0.25) is 9.78 Å². The Labute approximate surface area is 118 Å². The van der Waals surface area contributed by atoms with E-state index in [1.54, 1.807) is 18.3 Å². The third-order valence-corrected chi connectivity index (χ3v) is 3.71. The molecule has 108 valence electrons. The lowest BCUT2D eigenvalue weighted by molar-refractivity contribution is -0.140. The molecular formula is C15H20N2O3. The van der Waals surface area contributed by atoms with Crippen molar-refractivity contribution in [3.63, 3.8) is 0 Å². The minimum atomic E-state index is -0.510. The third-order valence-electron chi connectivity index (χ3n) is 3.71. The van der Waals surface area contributed by atoms with E-state index in [-0.39, 0.29) is 24.6 Å². The van der Waals surface area contributed by atoms with Gasteiger partial charge in [-0.2, -0.15) is 0 Å². The fourth-order valence-electron chi connectivity index (χ4n) is 2.68. The second kappa shape index (κ2) is 6.50. The molecule has 20 heavy (non-hydrogen) atoms. The van der Waals surface area contributed by atoms with Crippen LogP contribution in [0.1, 0.15) is 43.5 Å². The number of nitrogens with zero attached hydrogens (tertiary/aromatic N) is 2. The molecule has 1 amide bonds. The highest BCUT2D eigenvalue weighted by atomic mass is 16.5. The molecule has 1 saturated heterocycles. The number of carbonyl (C=O) groups excluding carboxylic acids is 2. The molecule has 0 aromatic carbocycles. The van der Waals surface area contributed by atoms with Gasteiger partial charge in [0.05, 0.1) is 5.56 Å². The molecule has 2 rings (SSSR count). The molecular weight excluding hydrogens is 256 g/mol. The number of ether oxygens (including phenoxy) is 1. The second-order valence-electron chi connectivity index (χ2n) is 5.25. The van der Waals surface area contributed by atoms with E-state index < -0.39 is 5.97 Å². The van der Waals surface area contributed by atoms with Gasteiger partial charge in [0.2, 0.25) is 0 Å². The van der Waals surface area contributed by atoms with Gasteiger partial charge >= 0.3 is 5.97 Å². The maximum absolute atomic E-state index is 12.2. The van der Waals surface area contributed by atoms with Crippen LogP contribution in [-0.4, -0.2) is 40.5 Å². The summed E-state index contributed by atoms with van der Waals surface area (Å²) in [5, 5.41) is 0. The average Bonchev–Trinajstić information content (AvgIpc) is 2.45. The number of rotatable bonds is 3. The Morgan fingerprint density at radius 2 is 2.05 bits per heavy atom. The normalized spacial score (nSPS) is 22.4. The number of pyridine rings is 1. The third kappa shape index (κ3) is 3.35. The molecule has 0 unspecified atom stereocenters. The maximum Gasteiger partial charge on any atom is 0.340 e. The average molecular weight is 276 g/mol. The van der Waals surface area contributed by atoms with Crippen LogP contribution < -0.4 is 0 Å². The van der Waals surface area contributed by atoms with Crippen molar-refractivity contribution in [2.45, 2.75) is 45.2 Å². The van der Waals surface area contributed by atoms with E-state index >= 15 is 0 Å². The highest BCUT2D eigenvalue weighted by Crippen LogP contribution is 2.22. The van der Waals surface area contributed by atoms with Gasteiger partial charge in [-0.1, -0.05) is 0 Å². The monoisotopic (exact) mass is 276 g/mol. The predicted molar refractivity (Wildman–Crippen MR) is 74.1 cm³/mol. The van der Waals surface area contributed by atoms with Crippen LogP contribution in [0.3, 0.4) is 0 Å². The van der Waals surface area contributed by atoms with Gasteiger partial charge < -0.3 is 9.64 Å². The van der Waals surface area contributed by atoms with E-state index in [0.29, 0.717) is 5.56 Å². The van der Waals surface area contributed by atoms with Gasteiger partial charge in [0.15, 0.2) is 6.61 Å². The number of piperidine rings is 1. The number of hydrogen-bond donors (Lipinski definition) is 0. The Hall–Kier alpha value is -1.91. The van der Waals surface area contributed by atoms with E-state index in [1.807, 2.05) is 18.7 Å². The number of aromatic nitrogens is 1. The number of carbonyl (C=O) groups is 2. The largest absolute Gasteiger partial charge is 0.452 e. The van der Waals surface area contributed by atoms with Crippen molar-refractivity contribution in [3.05, 3.63) is 30.1 Å². The zero-order valence-electron chi connectivity index (χ0n) is 11.9. The smallest absolute Gasteiger partial charge is 0.340 e. The summed E-state index contributed by atoms with van der Waals surface area (Å²) in [6.45, 7) is 3.87. The minimum Gasteiger partial charge on any atom is -0.452 e. The summed E-state index contributed by atoms with van der Waals surface area (Å²) in [6, 6.07) is 3.70. The van der Waals surface area contributed by atoms with Crippen LogP contribution in [0.15, 0.2) is 24.5 Å². The van der Waals surface area contributed by atoms with Gasteiger partial charge in [0, 0.05) is 24.5 Å². The molecule has 1 aliphatic rings. The van der Waals surface area contributed by atoms with Crippen LogP contribution in [0.5, 0.6) is 0 Å². The zero-order valence-corrected chi connectivity index (χ0v) is 11.9. The molecule has 5 heteroatoms. The maximum atomic E-state index is 12.2. The van der Waals surface area contributed by atoms with Crippen molar-refractivity contribution in [2.75, 3.05) is 6.61 Å². The van der Waals surface area contributed by atoms with Crippen LogP contribution in [0.2, 0.25) is 0 Å². The molecule has 0 N–H and O–H groups in total. The molecule has 0 radical (unpaired) electrons. The number of esters is 1. The number of likely N-dealkylation sites (tertiary alicyclic amines) is 1. The van der Waals surface area contributed by atoms with Crippen LogP contribution in [-0.2, 0) is 9.53 Å². The summed E-state index contributed by atoms with van der Waals surface area (Å²) in [6.07, 6.45) is 6.17. The van der Waals surface area contributed by atoms with Crippen molar-refractivity contribution < 1.29 is 14.3 Å². The molecule has 5 nitrogen and oxygen atoms in total. The summed E-state index contributed by atoms with van der Waals surface area (Å²) in [5.74, 6) is -0.634. The van der Waals surface area contributed by atoms with E-state index in [1.165, 1.54) is 6.20 Å². The fraction of sp³-hybridized carbons (Fsp3) is 0.533. The van der Waals surface area contributed by atoms with Gasteiger partial charge in [0.1, 0.15) is 0 Å². The molecule has 2 heterocycles. The van der Waals surface area contributed by atoms with Crippen molar-refractivity contribution in [2.24, 2.45) is 0 Å². The summed E-state index contributed by atoms with van der Waals surface area (Å²) < 4.78 is 5.07. The molecule has 0 saturated carbocycles. The van der Waals surface area contributed by atoms with Gasteiger partial charge in [-0.25, -0.2) is 4.79 Å². The van der Waals surface area contributed by atoms with E-state index in [9.17, 15) is 9.59 Å². The minimum absolute atomic E-state index is 0.123. The highest BCUT2D eigenvalue weighted by molar-refractivity contribution is 5.91. The lowest BCUT2D eigenvalue weighted by Crippen LogP contribution is -2.49. The first-order valence-corrected chi connectivity index (χ1v) is 6.98. The second-order valence-corrected chi connectivity index (χ2v) is 5.25. The van der Waals surface area contributed by atoms with E-state index in [0.717, 1.165) is 19.3 Å². The summed E-state index contributed by atoms with van der Waals surface area (Å²) in [7, 11) is 0. The quantitative estimate of drug-likeness (QED) is 0.793. The van der Waals surface area contributed by atoms with Gasteiger partial charge in [0.25, 0.3) is 5.91 Å². The Morgan fingerprint density at radius 1 is 1.35 bits per heavy atom. The van der Waals surface area contributed by atoms with Crippen molar-refractivity contribution in [1.82, 2.24) is 9.88 Å². The van der Waals surface area contributed by atoms with Crippen molar-refractivity contribution in [3.8, 4) is 0 Å². The first-order valence-electron chi connectivity index (χ1n) is 6.98. The predicted octanol–water partition coefficient (Wildman–Crippen LogP) is 2.03. The van der Waals surface area contributed by atoms with Crippen LogP contribution in [0, 0.1) is 0 Å². The molecule has 0 aliphatic carbocycles. The molecule has 1 aliphatic heterocycles. The lowest BCUT2D eigenvalue weighted by atomic mass is 9.97. The number of amides is 1. The SMILES string of the molecule is C[C@@H]1CCC[C@@H](C)N1C(=O)COC(=O)c1cccnc1. The van der Waals surface area contributed by atoms with Crippen molar-refractivity contribution >= 4 is 11.9 Å². The topological polar surface area (TPSA) is 59.5 Å². The highest BCUT2D eigenvalue weighted by Gasteiger charge is 2.29. The Morgan fingerprint density at radius 3 is 2.65 bits per heavy atom. The molecule has 0 bridgehead atoms. The molecule has 1 fully saturated rings. The van der Waals surface area contributed by atoms with E-state index in [2.05, 4.69) is 4.98 Å². The standard InChI is InChI=1S/C15H20N2O3/c1-11-5-3-6-12(2)17(11)14(18)10-20-15(19)13-7-4-8-16-9-13/h4,7-9,11-12H,3,5-6,10H2,1-2H3/t11-,12-/m1/s1. The van der Waals surface area contributed by atoms with Crippen LogP contribution in [0.4, 0.5) is 0 Å². The van der Waals surface area contributed by atoms with Crippen LogP contribution >= 0.6 is 0 Å². The van der Waals surface area contributed by atoms with E-state index in [4.69, 9.17) is 4.74 Å². The first-order chi connectivity index (χ1) is 9.59. The summed E-state index contributed by atoms with van der Waals surface area (Å²) >= 11 is 0. The van der Waals surface area contributed by atoms with Gasteiger partial charge in [-0.05, 0) is 45.2 Å². The summed E-state index contributed by atoms with van der Waals surface area (Å²) in [5.41, 5.74) is 0.361. The Balaban J connectivity index is 1.90. The molecule has 1 aromatic rings. The molecule has 2 atom stereocenters. The van der Waals surface area contributed by atoms with Crippen molar-refractivity contribution in [1.29, 1.82) is 0 Å². The summed E-state index contributed by atoms with van der Waals surface area (Å²) in [4.78, 5) is 29.6. The van der Waals surface area contributed by atoms with Gasteiger partial charge in [-0.15, -0.1) is 0 Å². The zero-order chi connectivity index (χ0) is 14.5. The lowest BCUT2D eigenvalue weighted by Gasteiger charge is -2.38. The number of hydrogen-bond acceptors (Lipinski definition) is 4. The Bertz CT molecular complexity index is 465. The molecule has 0 spiro atoms.